The van der Waals surface area contributed by atoms with Gasteiger partial charge in [-0.25, -0.2) is 20.4 Å². The summed E-state index contributed by atoms with van der Waals surface area (Å²) in [6.07, 6.45) is 3.68. The van der Waals surface area contributed by atoms with Crippen molar-refractivity contribution < 1.29 is 14.8 Å². The Hall–Kier alpha value is -3.12. The fraction of sp³-hybridized carbons (Fsp3) is 0.400. The number of halogens is 1. The van der Waals surface area contributed by atoms with E-state index in [1.165, 1.54) is 11.3 Å². The van der Waals surface area contributed by atoms with E-state index >= 15 is 0 Å². The molecule has 0 atom stereocenters. The minimum Gasteiger partial charge on any atom is -0.369 e. The fourth-order valence-electron chi connectivity index (χ4n) is 3.64. The Balaban J connectivity index is 1.51. The maximum absolute atomic E-state index is 12.8. The predicted molar refractivity (Wildman–Crippen MR) is 146 cm³/mol. The second kappa shape index (κ2) is 14.0. The predicted octanol–water partition coefficient (Wildman–Crippen LogP) is 4.39. The lowest BCUT2D eigenvalue weighted by Gasteiger charge is -2.17. The van der Waals surface area contributed by atoms with Crippen LogP contribution in [-0.2, 0) is 11.2 Å². The number of rotatable bonds is 14. The number of hydroxylamine groups is 1. The number of nitrogens with one attached hydrogen (secondary N) is 3. The molecule has 0 saturated carbocycles. The lowest BCUT2D eigenvalue weighted by atomic mass is 10.0. The van der Waals surface area contributed by atoms with Gasteiger partial charge in [-0.2, -0.15) is 0 Å². The molecular formula is C25H32ClN7O3S. The number of Topliss-reactive ketones (excluding diaryl/α,β-unsaturated/α-hetero) is 1. The Bertz CT molecular complexity index is 1200. The van der Waals surface area contributed by atoms with E-state index in [-0.39, 0.29) is 18.1 Å². The molecular weight excluding hydrogens is 514 g/mol. The van der Waals surface area contributed by atoms with Gasteiger partial charge >= 0.3 is 0 Å². The summed E-state index contributed by atoms with van der Waals surface area (Å²) in [5.41, 5.74) is 3.46. The van der Waals surface area contributed by atoms with Crippen molar-refractivity contribution >= 4 is 51.4 Å². The summed E-state index contributed by atoms with van der Waals surface area (Å²) >= 11 is 7.55. The summed E-state index contributed by atoms with van der Waals surface area (Å²) in [6.45, 7) is 6.07. The summed E-state index contributed by atoms with van der Waals surface area (Å²) in [6, 6.07) is 7.41. The van der Waals surface area contributed by atoms with Gasteiger partial charge in [-0.05, 0) is 57.5 Å². The van der Waals surface area contributed by atoms with E-state index in [0.29, 0.717) is 51.9 Å². The zero-order valence-electron chi connectivity index (χ0n) is 21.2. The Labute approximate surface area is 225 Å². The van der Waals surface area contributed by atoms with E-state index in [2.05, 4.69) is 30.5 Å². The van der Waals surface area contributed by atoms with Crippen LogP contribution in [0.15, 0.2) is 30.5 Å². The number of hydrogen-bond acceptors (Lipinski definition) is 10. The van der Waals surface area contributed by atoms with Crippen molar-refractivity contribution in [3.8, 4) is 0 Å². The SMILES string of the molecule is Cc1nc(NCCN(C)CCCCC(=O)NO)cc(Nc2ncc(C(=O)Cc3c(C)cccc3Cl)s2)n1. The quantitative estimate of drug-likeness (QED) is 0.101. The molecule has 0 bridgehead atoms. The molecule has 0 unspecified atom stereocenters. The number of unbranched alkanes of at least 4 members (excludes halogenated alkanes) is 1. The number of amides is 1. The van der Waals surface area contributed by atoms with E-state index < -0.39 is 0 Å². The molecule has 2 aromatic heterocycles. The summed E-state index contributed by atoms with van der Waals surface area (Å²) < 4.78 is 0. The van der Waals surface area contributed by atoms with E-state index in [1.54, 1.807) is 23.8 Å². The molecule has 0 radical (unpaired) electrons. The van der Waals surface area contributed by atoms with Gasteiger partial charge in [0, 0.05) is 37.0 Å². The minimum atomic E-state index is -0.361. The number of carbonyl (C=O) groups is 2. The molecule has 10 nitrogen and oxygen atoms in total. The van der Waals surface area contributed by atoms with Crippen LogP contribution in [0.4, 0.5) is 16.8 Å². The van der Waals surface area contributed by atoms with Crippen molar-refractivity contribution in [1.82, 2.24) is 25.3 Å². The molecule has 0 spiro atoms. The zero-order chi connectivity index (χ0) is 26.8. The highest BCUT2D eigenvalue weighted by atomic mass is 35.5. The van der Waals surface area contributed by atoms with Crippen LogP contribution in [0.25, 0.3) is 0 Å². The number of anilines is 3. The molecule has 2 heterocycles. The molecule has 3 aromatic rings. The largest absolute Gasteiger partial charge is 0.369 e. The molecule has 0 fully saturated rings. The summed E-state index contributed by atoms with van der Waals surface area (Å²) in [4.78, 5) is 39.8. The van der Waals surface area contributed by atoms with Crippen LogP contribution in [0.1, 0.15) is 45.9 Å². The molecule has 12 heteroatoms. The number of carbonyl (C=O) groups excluding carboxylic acids is 2. The van der Waals surface area contributed by atoms with Crippen molar-refractivity contribution in [2.24, 2.45) is 0 Å². The lowest BCUT2D eigenvalue weighted by molar-refractivity contribution is -0.129. The van der Waals surface area contributed by atoms with Crippen LogP contribution in [0.5, 0.6) is 0 Å². The van der Waals surface area contributed by atoms with Gasteiger partial charge in [0.2, 0.25) is 5.91 Å². The number of hydrogen-bond donors (Lipinski definition) is 4. The fourth-order valence-corrected chi connectivity index (χ4v) is 4.69. The molecule has 198 valence electrons. The number of ketones is 1. The molecule has 0 aliphatic carbocycles. The van der Waals surface area contributed by atoms with E-state index in [9.17, 15) is 9.59 Å². The van der Waals surface area contributed by atoms with Crippen LogP contribution < -0.4 is 16.1 Å². The maximum Gasteiger partial charge on any atom is 0.243 e. The van der Waals surface area contributed by atoms with Gasteiger partial charge < -0.3 is 15.5 Å². The highest BCUT2D eigenvalue weighted by Crippen LogP contribution is 2.26. The number of benzene rings is 1. The smallest absolute Gasteiger partial charge is 0.243 e. The van der Waals surface area contributed by atoms with Crippen molar-refractivity contribution in [1.29, 1.82) is 0 Å². The Morgan fingerprint density at radius 3 is 2.68 bits per heavy atom. The highest BCUT2D eigenvalue weighted by Gasteiger charge is 2.15. The molecule has 3 rings (SSSR count). The number of likely N-dealkylation sites (N-methyl/N-ethyl adjacent to an activating group) is 1. The standard InChI is InChI=1S/C25H32ClN7O3S/c1-16-7-6-8-19(26)18(16)13-20(34)21-15-28-25(37-21)31-23-14-22(29-17(2)30-23)27-10-12-33(3)11-5-4-9-24(35)32-36/h6-8,14-15,36H,4-5,9-13H2,1-3H3,(H,32,35)(H2,27,28,29,30,31). The molecule has 37 heavy (non-hydrogen) atoms. The van der Waals surface area contributed by atoms with Crippen LogP contribution in [0.2, 0.25) is 5.02 Å². The lowest BCUT2D eigenvalue weighted by Crippen LogP contribution is -2.26. The molecule has 1 amide bonds. The van der Waals surface area contributed by atoms with Crippen molar-refractivity contribution in [2.45, 2.75) is 39.5 Å². The van der Waals surface area contributed by atoms with E-state index in [1.807, 2.05) is 33.0 Å². The molecule has 0 aliphatic rings. The van der Waals surface area contributed by atoms with Crippen molar-refractivity contribution in [2.75, 3.05) is 37.3 Å². The van der Waals surface area contributed by atoms with Crippen molar-refractivity contribution in [3.63, 3.8) is 0 Å². The van der Waals surface area contributed by atoms with Gasteiger partial charge in [-0.3, -0.25) is 14.8 Å². The number of aryl methyl sites for hydroxylation is 2. The monoisotopic (exact) mass is 545 g/mol. The van der Waals surface area contributed by atoms with Gasteiger partial charge in [0.15, 0.2) is 10.9 Å². The second-order valence-corrected chi connectivity index (χ2v) is 10.1. The Kier molecular flexibility index (Phi) is 10.8. The van der Waals surface area contributed by atoms with Crippen LogP contribution in [-0.4, -0.2) is 63.4 Å². The van der Waals surface area contributed by atoms with Crippen LogP contribution >= 0.6 is 22.9 Å². The van der Waals surface area contributed by atoms with Crippen LogP contribution in [0, 0.1) is 13.8 Å². The minimum absolute atomic E-state index is 0.0382. The average Bonchev–Trinajstić information content (AvgIpc) is 3.32. The first kappa shape index (κ1) is 28.5. The Morgan fingerprint density at radius 2 is 1.92 bits per heavy atom. The molecule has 0 saturated heterocycles. The first-order chi connectivity index (χ1) is 17.7. The van der Waals surface area contributed by atoms with Gasteiger partial charge in [0.25, 0.3) is 0 Å². The van der Waals surface area contributed by atoms with E-state index in [4.69, 9.17) is 16.8 Å². The number of aromatic nitrogens is 3. The van der Waals surface area contributed by atoms with Gasteiger partial charge in [-0.15, -0.1) is 0 Å². The summed E-state index contributed by atoms with van der Waals surface area (Å²) in [5, 5.41) is 16.2. The van der Waals surface area contributed by atoms with Crippen molar-refractivity contribution in [3.05, 3.63) is 57.3 Å². The van der Waals surface area contributed by atoms with Crippen LogP contribution in [0.3, 0.4) is 0 Å². The first-order valence-electron chi connectivity index (χ1n) is 12.0. The molecule has 0 aliphatic heterocycles. The summed E-state index contributed by atoms with van der Waals surface area (Å²) in [7, 11) is 2.01. The van der Waals surface area contributed by atoms with Gasteiger partial charge in [0.05, 0.1) is 11.1 Å². The Morgan fingerprint density at radius 1 is 1.14 bits per heavy atom. The topological polar surface area (TPSA) is 132 Å². The third-order valence-electron chi connectivity index (χ3n) is 5.66. The first-order valence-corrected chi connectivity index (χ1v) is 13.2. The number of nitrogens with zero attached hydrogens (tertiary/aromatic N) is 4. The second-order valence-electron chi connectivity index (χ2n) is 8.70. The average molecular weight is 546 g/mol. The maximum atomic E-state index is 12.8. The zero-order valence-corrected chi connectivity index (χ0v) is 22.7. The third-order valence-corrected chi connectivity index (χ3v) is 6.97. The summed E-state index contributed by atoms with van der Waals surface area (Å²) in [5.74, 6) is 1.47. The number of thiazole rings is 1. The highest BCUT2D eigenvalue weighted by molar-refractivity contribution is 7.17. The van der Waals surface area contributed by atoms with Gasteiger partial charge in [-0.1, -0.05) is 35.1 Å². The third kappa shape index (κ3) is 9.04. The molecule has 4 N–H and O–H groups in total. The van der Waals surface area contributed by atoms with E-state index in [0.717, 1.165) is 30.6 Å². The molecule has 1 aromatic carbocycles. The van der Waals surface area contributed by atoms with Gasteiger partial charge in [0.1, 0.15) is 17.5 Å². The normalized spacial score (nSPS) is 11.0.